The zero-order valence-corrected chi connectivity index (χ0v) is 9.94. The highest BCUT2D eigenvalue weighted by atomic mass is 16.4. The molecule has 4 heteroatoms. The average molecular weight is 214 g/mol. The van der Waals surface area contributed by atoms with E-state index in [1.165, 1.54) is 19.4 Å². The van der Waals surface area contributed by atoms with Crippen molar-refractivity contribution in [3.8, 4) is 0 Å². The fourth-order valence-corrected chi connectivity index (χ4v) is 2.13. The molecule has 0 amide bonds. The first kappa shape index (κ1) is 12.5. The van der Waals surface area contributed by atoms with Crippen LogP contribution in [0.15, 0.2) is 0 Å². The second kappa shape index (κ2) is 5.47. The van der Waals surface area contributed by atoms with Crippen LogP contribution in [0.4, 0.5) is 0 Å². The molecule has 1 rings (SSSR count). The molecular formula is C11H22N2O2. The maximum Gasteiger partial charge on any atom is 0.304 e. The third-order valence-corrected chi connectivity index (χ3v) is 3.39. The first-order chi connectivity index (χ1) is 7.00. The molecule has 4 nitrogen and oxygen atoms in total. The fourth-order valence-electron chi connectivity index (χ4n) is 2.13. The molecule has 15 heavy (non-hydrogen) atoms. The highest BCUT2D eigenvalue weighted by molar-refractivity contribution is 5.67. The van der Waals surface area contributed by atoms with Gasteiger partial charge in [-0.1, -0.05) is 0 Å². The van der Waals surface area contributed by atoms with E-state index in [1.54, 1.807) is 0 Å². The van der Waals surface area contributed by atoms with Gasteiger partial charge in [-0.3, -0.25) is 4.79 Å². The van der Waals surface area contributed by atoms with Crippen LogP contribution in [-0.2, 0) is 4.79 Å². The van der Waals surface area contributed by atoms with Crippen molar-refractivity contribution in [2.24, 2.45) is 0 Å². The Balaban J connectivity index is 2.33. The minimum atomic E-state index is -0.714. The lowest BCUT2D eigenvalue weighted by Crippen LogP contribution is -2.41. The molecule has 0 aromatic heterocycles. The van der Waals surface area contributed by atoms with Crippen LogP contribution in [0.5, 0.6) is 0 Å². The van der Waals surface area contributed by atoms with Crippen LogP contribution in [0.1, 0.15) is 26.2 Å². The Morgan fingerprint density at radius 2 is 2.33 bits per heavy atom. The summed E-state index contributed by atoms with van der Waals surface area (Å²) in [4.78, 5) is 15.1. The monoisotopic (exact) mass is 214 g/mol. The molecule has 0 aromatic carbocycles. The van der Waals surface area contributed by atoms with Crippen molar-refractivity contribution >= 4 is 5.97 Å². The molecule has 0 spiro atoms. The van der Waals surface area contributed by atoms with E-state index in [9.17, 15) is 4.79 Å². The largest absolute Gasteiger partial charge is 0.481 e. The SMILES string of the molecule is CC(CC(=O)O)N(C)CC1CCCN1C. The van der Waals surface area contributed by atoms with Gasteiger partial charge in [0.15, 0.2) is 0 Å². The van der Waals surface area contributed by atoms with E-state index >= 15 is 0 Å². The van der Waals surface area contributed by atoms with Gasteiger partial charge in [0.25, 0.3) is 0 Å². The Morgan fingerprint density at radius 1 is 1.67 bits per heavy atom. The molecule has 0 radical (unpaired) electrons. The number of carboxylic acids is 1. The maximum absolute atomic E-state index is 10.6. The number of hydrogen-bond donors (Lipinski definition) is 1. The van der Waals surface area contributed by atoms with Crippen molar-refractivity contribution in [1.82, 2.24) is 9.80 Å². The minimum absolute atomic E-state index is 0.122. The molecule has 1 aliphatic heterocycles. The number of likely N-dealkylation sites (N-methyl/N-ethyl adjacent to an activating group) is 2. The van der Waals surface area contributed by atoms with Gasteiger partial charge in [0.2, 0.25) is 0 Å². The van der Waals surface area contributed by atoms with Crippen LogP contribution in [0.25, 0.3) is 0 Å². The number of carboxylic acid groups (broad SMARTS) is 1. The number of likely N-dealkylation sites (tertiary alicyclic amines) is 1. The van der Waals surface area contributed by atoms with Crippen molar-refractivity contribution in [2.45, 2.75) is 38.3 Å². The van der Waals surface area contributed by atoms with Gasteiger partial charge in [-0.2, -0.15) is 0 Å². The van der Waals surface area contributed by atoms with E-state index in [4.69, 9.17) is 5.11 Å². The normalized spacial score (nSPS) is 24.7. The summed E-state index contributed by atoms with van der Waals surface area (Å²) in [5.74, 6) is -0.714. The topological polar surface area (TPSA) is 43.8 Å². The Hall–Kier alpha value is -0.610. The highest BCUT2D eigenvalue weighted by Crippen LogP contribution is 2.16. The molecule has 1 saturated heterocycles. The molecule has 2 atom stereocenters. The van der Waals surface area contributed by atoms with Crippen LogP contribution in [0.3, 0.4) is 0 Å². The standard InChI is InChI=1S/C11H22N2O2/c1-9(7-11(14)15)13(3)8-10-5-4-6-12(10)2/h9-10H,4-8H2,1-3H3,(H,14,15). The van der Waals surface area contributed by atoms with Crippen LogP contribution in [0, 0.1) is 0 Å². The second-order valence-corrected chi connectivity index (χ2v) is 4.66. The molecule has 2 unspecified atom stereocenters. The molecule has 1 heterocycles. The van der Waals surface area contributed by atoms with E-state index in [0.29, 0.717) is 6.04 Å². The van der Waals surface area contributed by atoms with Gasteiger partial charge in [-0.25, -0.2) is 0 Å². The molecule has 1 N–H and O–H groups in total. The number of hydrogen-bond acceptors (Lipinski definition) is 3. The van der Waals surface area contributed by atoms with Crippen molar-refractivity contribution in [1.29, 1.82) is 0 Å². The minimum Gasteiger partial charge on any atom is -0.481 e. The van der Waals surface area contributed by atoms with E-state index in [0.717, 1.165) is 6.54 Å². The Kier molecular flexibility index (Phi) is 4.54. The lowest BCUT2D eigenvalue weighted by molar-refractivity contribution is -0.138. The zero-order valence-electron chi connectivity index (χ0n) is 9.94. The van der Waals surface area contributed by atoms with E-state index in [2.05, 4.69) is 16.8 Å². The van der Waals surface area contributed by atoms with Crippen LogP contribution >= 0.6 is 0 Å². The van der Waals surface area contributed by atoms with Crippen molar-refractivity contribution < 1.29 is 9.90 Å². The van der Waals surface area contributed by atoms with Gasteiger partial charge in [-0.05, 0) is 40.4 Å². The van der Waals surface area contributed by atoms with Gasteiger partial charge < -0.3 is 14.9 Å². The highest BCUT2D eigenvalue weighted by Gasteiger charge is 2.24. The number of carbonyl (C=O) groups is 1. The predicted octanol–water partition coefficient (Wildman–Crippen LogP) is 0.876. The van der Waals surface area contributed by atoms with Crippen molar-refractivity contribution in [3.05, 3.63) is 0 Å². The quantitative estimate of drug-likeness (QED) is 0.737. The molecular weight excluding hydrogens is 192 g/mol. The second-order valence-electron chi connectivity index (χ2n) is 4.66. The van der Waals surface area contributed by atoms with Gasteiger partial charge in [0.05, 0.1) is 6.42 Å². The Labute approximate surface area is 91.9 Å². The number of rotatable bonds is 5. The van der Waals surface area contributed by atoms with Crippen molar-refractivity contribution in [3.63, 3.8) is 0 Å². The molecule has 1 fully saturated rings. The molecule has 0 aromatic rings. The van der Waals surface area contributed by atoms with E-state index < -0.39 is 5.97 Å². The van der Waals surface area contributed by atoms with Gasteiger partial charge in [-0.15, -0.1) is 0 Å². The zero-order chi connectivity index (χ0) is 11.4. The first-order valence-corrected chi connectivity index (χ1v) is 5.63. The Bertz CT molecular complexity index is 221. The first-order valence-electron chi connectivity index (χ1n) is 5.63. The lowest BCUT2D eigenvalue weighted by atomic mass is 10.1. The summed E-state index contributed by atoms with van der Waals surface area (Å²) in [5.41, 5.74) is 0. The lowest BCUT2D eigenvalue weighted by Gasteiger charge is -2.29. The summed E-state index contributed by atoms with van der Waals surface area (Å²) in [6.45, 7) is 4.12. The molecule has 0 saturated carbocycles. The van der Waals surface area contributed by atoms with Gasteiger partial charge in [0, 0.05) is 18.6 Å². The molecule has 1 aliphatic rings. The van der Waals surface area contributed by atoms with Gasteiger partial charge in [0.1, 0.15) is 0 Å². The van der Waals surface area contributed by atoms with Crippen LogP contribution in [0.2, 0.25) is 0 Å². The van der Waals surface area contributed by atoms with E-state index in [-0.39, 0.29) is 12.5 Å². The third kappa shape index (κ3) is 3.80. The van der Waals surface area contributed by atoms with Crippen LogP contribution in [-0.4, -0.2) is 60.1 Å². The molecule has 0 aliphatic carbocycles. The van der Waals surface area contributed by atoms with Crippen molar-refractivity contribution in [2.75, 3.05) is 27.2 Å². The van der Waals surface area contributed by atoms with Crippen LogP contribution < -0.4 is 0 Å². The average Bonchev–Trinajstić information content (AvgIpc) is 2.50. The summed E-state index contributed by atoms with van der Waals surface area (Å²) in [5, 5.41) is 8.71. The van der Waals surface area contributed by atoms with E-state index in [1.807, 2.05) is 14.0 Å². The summed E-state index contributed by atoms with van der Waals surface area (Å²) >= 11 is 0. The molecule has 88 valence electrons. The Morgan fingerprint density at radius 3 is 2.80 bits per heavy atom. The summed E-state index contributed by atoms with van der Waals surface area (Å²) in [6.07, 6.45) is 2.73. The third-order valence-electron chi connectivity index (χ3n) is 3.39. The summed E-state index contributed by atoms with van der Waals surface area (Å²) in [7, 11) is 4.16. The van der Waals surface area contributed by atoms with Gasteiger partial charge >= 0.3 is 5.97 Å². The summed E-state index contributed by atoms with van der Waals surface area (Å²) in [6, 6.07) is 0.725. The molecule has 0 bridgehead atoms. The number of nitrogens with zero attached hydrogens (tertiary/aromatic N) is 2. The fraction of sp³-hybridized carbons (Fsp3) is 0.909. The predicted molar refractivity (Wildman–Crippen MR) is 60.0 cm³/mol. The maximum atomic E-state index is 10.6. The number of aliphatic carboxylic acids is 1. The summed E-state index contributed by atoms with van der Waals surface area (Å²) < 4.78 is 0. The smallest absolute Gasteiger partial charge is 0.304 e.